The van der Waals surface area contributed by atoms with E-state index in [2.05, 4.69) is 16.4 Å². The maximum Gasteiger partial charge on any atom is 0.326 e. The second-order valence-electron chi connectivity index (χ2n) is 5.71. The van der Waals surface area contributed by atoms with Gasteiger partial charge in [0.05, 0.1) is 10.6 Å². The molecule has 0 radical (unpaired) electrons. The summed E-state index contributed by atoms with van der Waals surface area (Å²) in [5.74, 6) is 0. The number of carbonyl (C=O) groups excluding carboxylic acids is 1. The number of hydrogen-bond acceptors (Lipinski definition) is 7. The zero-order valence-electron chi connectivity index (χ0n) is 14.9. The molecule has 0 aliphatic carbocycles. The van der Waals surface area contributed by atoms with Crippen LogP contribution in [0.4, 0.5) is 10.5 Å². The first kappa shape index (κ1) is 20.1. The molecule has 0 fully saturated rings. The van der Waals surface area contributed by atoms with Crippen LogP contribution < -0.4 is 15.8 Å². The first-order valence-electron chi connectivity index (χ1n) is 8.19. The van der Waals surface area contributed by atoms with Crippen molar-refractivity contribution in [1.82, 2.24) is 9.71 Å². The number of thiazole rings is 1. The molecule has 10 heteroatoms. The summed E-state index contributed by atoms with van der Waals surface area (Å²) in [6.45, 7) is 0. The number of anilines is 1. The third kappa shape index (κ3) is 4.98. The molecule has 1 aromatic heterocycles. The van der Waals surface area contributed by atoms with Crippen LogP contribution in [0, 0.1) is 11.3 Å². The van der Waals surface area contributed by atoms with E-state index < -0.39 is 16.1 Å². The van der Waals surface area contributed by atoms with Gasteiger partial charge in [-0.1, -0.05) is 30.3 Å². The summed E-state index contributed by atoms with van der Waals surface area (Å²) in [5, 5.41) is 14.8. The van der Waals surface area contributed by atoms with Crippen molar-refractivity contribution in [3.63, 3.8) is 0 Å². The van der Waals surface area contributed by atoms with E-state index in [4.69, 9.17) is 5.73 Å². The molecule has 3 rings (SSSR count). The van der Waals surface area contributed by atoms with Gasteiger partial charge in [0.2, 0.25) is 0 Å². The smallest absolute Gasteiger partial charge is 0.326 e. The summed E-state index contributed by atoms with van der Waals surface area (Å²) >= 11 is 1.35. The standard InChI is InChI=1S/C19H15N5O3S2/c20-10-14(18-23-17(12-28-18)13-4-2-1-3-5-13)11-22-15-6-8-16(9-7-15)29(26,27)24-19(21)25/h1-9,11-12,22H,(H3,21,24,25)/b14-11+. The number of nitrogens with two attached hydrogens (primary N) is 1. The highest BCUT2D eigenvalue weighted by Gasteiger charge is 2.15. The lowest BCUT2D eigenvalue weighted by molar-refractivity contribution is 0.253. The summed E-state index contributed by atoms with van der Waals surface area (Å²) < 4.78 is 25.4. The van der Waals surface area contributed by atoms with Crippen molar-refractivity contribution in [3.05, 3.63) is 71.2 Å². The molecule has 0 aliphatic rings. The van der Waals surface area contributed by atoms with Crippen molar-refractivity contribution in [1.29, 1.82) is 5.26 Å². The highest BCUT2D eigenvalue weighted by molar-refractivity contribution is 7.90. The molecule has 146 valence electrons. The summed E-state index contributed by atoms with van der Waals surface area (Å²) in [4.78, 5) is 15.2. The van der Waals surface area contributed by atoms with Crippen molar-refractivity contribution in [3.8, 4) is 17.3 Å². The molecule has 2 amide bonds. The minimum absolute atomic E-state index is 0.112. The van der Waals surface area contributed by atoms with E-state index in [1.54, 1.807) is 4.72 Å². The molecular weight excluding hydrogens is 410 g/mol. The number of urea groups is 1. The predicted octanol–water partition coefficient (Wildman–Crippen LogP) is 3.14. The zero-order valence-corrected chi connectivity index (χ0v) is 16.5. The summed E-state index contributed by atoms with van der Waals surface area (Å²) in [6, 6.07) is 16.2. The van der Waals surface area contributed by atoms with Gasteiger partial charge in [0.15, 0.2) is 0 Å². The molecule has 0 aliphatic heterocycles. The number of benzene rings is 2. The maximum atomic E-state index is 11.9. The molecule has 4 N–H and O–H groups in total. The van der Waals surface area contributed by atoms with Crippen molar-refractivity contribution >= 4 is 38.7 Å². The van der Waals surface area contributed by atoms with Gasteiger partial charge in [0.25, 0.3) is 10.0 Å². The first-order chi connectivity index (χ1) is 13.9. The summed E-state index contributed by atoms with van der Waals surface area (Å²) in [6.07, 6.45) is 1.50. The van der Waals surface area contributed by atoms with Gasteiger partial charge in [0.1, 0.15) is 16.6 Å². The van der Waals surface area contributed by atoms with Crippen molar-refractivity contribution < 1.29 is 13.2 Å². The second-order valence-corrected chi connectivity index (χ2v) is 8.25. The molecule has 2 aromatic carbocycles. The van der Waals surface area contributed by atoms with Crippen LogP contribution in [0.15, 0.2) is 71.1 Å². The molecule has 3 aromatic rings. The number of rotatable bonds is 6. The van der Waals surface area contributed by atoms with E-state index in [1.165, 1.54) is 41.8 Å². The van der Waals surface area contributed by atoms with Crippen molar-refractivity contribution in [2.45, 2.75) is 4.90 Å². The number of sulfonamides is 1. The Morgan fingerprint density at radius 2 is 1.83 bits per heavy atom. The van der Waals surface area contributed by atoms with Gasteiger partial charge in [-0.05, 0) is 24.3 Å². The molecule has 29 heavy (non-hydrogen) atoms. The number of allylic oxidation sites excluding steroid dienone is 1. The fourth-order valence-electron chi connectivity index (χ4n) is 2.36. The number of primary amides is 1. The Kier molecular flexibility index (Phi) is 5.92. The summed E-state index contributed by atoms with van der Waals surface area (Å²) in [5.41, 5.74) is 7.48. The van der Waals surface area contributed by atoms with Gasteiger partial charge in [0, 0.05) is 22.8 Å². The number of amides is 2. The molecule has 1 heterocycles. The number of hydrogen-bond donors (Lipinski definition) is 3. The lowest BCUT2D eigenvalue weighted by Crippen LogP contribution is -2.34. The largest absolute Gasteiger partial charge is 0.360 e. The fraction of sp³-hybridized carbons (Fsp3) is 0. The van der Waals surface area contributed by atoms with Crippen LogP contribution in [-0.2, 0) is 10.0 Å². The van der Waals surface area contributed by atoms with E-state index in [9.17, 15) is 18.5 Å². The van der Waals surface area contributed by atoms with Gasteiger partial charge in [-0.3, -0.25) is 0 Å². The molecule has 8 nitrogen and oxygen atoms in total. The molecule has 0 atom stereocenters. The lowest BCUT2D eigenvalue weighted by Gasteiger charge is -2.06. The highest BCUT2D eigenvalue weighted by atomic mass is 32.2. The third-order valence-electron chi connectivity index (χ3n) is 3.71. The number of carbonyl (C=O) groups is 1. The quantitative estimate of drug-likeness (QED) is 0.519. The average Bonchev–Trinajstić information content (AvgIpc) is 3.19. The van der Waals surface area contributed by atoms with E-state index in [0.717, 1.165) is 11.3 Å². The van der Waals surface area contributed by atoms with E-state index >= 15 is 0 Å². The minimum Gasteiger partial charge on any atom is -0.360 e. The van der Waals surface area contributed by atoms with E-state index in [-0.39, 0.29) is 4.90 Å². The Hall–Kier alpha value is -3.68. The molecule has 0 bridgehead atoms. The van der Waals surface area contributed by atoms with E-state index in [0.29, 0.717) is 16.3 Å². The molecule has 0 unspecified atom stereocenters. The monoisotopic (exact) mass is 425 g/mol. The molecule has 0 spiro atoms. The number of nitriles is 1. The Morgan fingerprint density at radius 1 is 1.14 bits per heavy atom. The highest BCUT2D eigenvalue weighted by Crippen LogP contribution is 2.26. The minimum atomic E-state index is -4.01. The maximum absolute atomic E-state index is 11.9. The Bertz CT molecular complexity index is 1190. The normalized spacial score (nSPS) is 11.5. The average molecular weight is 425 g/mol. The fourth-order valence-corrected chi connectivity index (χ4v) is 4.03. The van der Waals surface area contributed by atoms with Crippen molar-refractivity contribution in [2.24, 2.45) is 5.73 Å². The van der Waals surface area contributed by atoms with Crippen molar-refractivity contribution in [2.75, 3.05) is 5.32 Å². The van der Waals surface area contributed by atoms with Crippen LogP contribution in [0.3, 0.4) is 0 Å². The van der Waals surface area contributed by atoms with Gasteiger partial charge >= 0.3 is 6.03 Å². The van der Waals surface area contributed by atoms with Crippen LogP contribution >= 0.6 is 11.3 Å². The second kappa shape index (κ2) is 8.55. The number of nitrogens with zero attached hydrogens (tertiary/aromatic N) is 2. The molecule has 0 saturated carbocycles. The van der Waals surface area contributed by atoms with Crippen LogP contribution in [0.25, 0.3) is 16.8 Å². The summed E-state index contributed by atoms with van der Waals surface area (Å²) in [7, 11) is -4.01. The predicted molar refractivity (Wildman–Crippen MR) is 111 cm³/mol. The van der Waals surface area contributed by atoms with Gasteiger partial charge in [-0.15, -0.1) is 11.3 Å². The molecular formula is C19H15N5O3S2. The van der Waals surface area contributed by atoms with Gasteiger partial charge in [-0.25, -0.2) is 22.9 Å². The Labute approximate surface area is 171 Å². The topological polar surface area (TPSA) is 138 Å². The zero-order chi connectivity index (χ0) is 20.9. The third-order valence-corrected chi connectivity index (χ3v) is 5.95. The van der Waals surface area contributed by atoms with Crippen LogP contribution in [0.2, 0.25) is 0 Å². The Morgan fingerprint density at radius 3 is 2.45 bits per heavy atom. The van der Waals surface area contributed by atoms with Gasteiger partial charge in [-0.2, -0.15) is 5.26 Å². The van der Waals surface area contributed by atoms with E-state index in [1.807, 2.05) is 35.7 Å². The SMILES string of the molecule is N#C/C(=C\Nc1ccc(S(=O)(=O)NC(N)=O)cc1)c1nc(-c2ccccc2)cs1. The lowest BCUT2D eigenvalue weighted by atomic mass is 10.2. The van der Waals surface area contributed by atoms with Gasteiger partial charge < -0.3 is 11.1 Å². The van der Waals surface area contributed by atoms with Crippen LogP contribution in [0.1, 0.15) is 5.01 Å². The number of aromatic nitrogens is 1. The van der Waals surface area contributed by atoms with Crippen LogP contribution in [0.5, 0.6) is 0 Å². The molecule has 0 saturated heterocycles. The Balaban J connectivity index is 1.76. The first-order valence-corrected chi connectivity index (χ1v) is 10.6. The number of nitrogens with one attached hydrogen (secondary N) is 2. The van der Waals surface area contributed by atoms with Crippen LogP contribution in [-0.4, -0.2) is 19.4 Å².